The molecule has 4 aliphatic rings. The van der Waals surface area contributed by atoms with Gasteiger partial charge in [0.05, 0.1) is 16.7 Å². The van der Waals surface area contributed by atoms with E-state index in [4.69, 9.17) is 20.1 Å². The highest BCUT2D eigenvalue weighted by Crippen LogP contribution is 2.49. The Labute approximate surface area is 340 Å². The maximum atomic E-state index is 6.85. The summed E-state index contributed by atoms with van der Waals surface area (Å²) in [6.07, 6.45) is 20.2. The van der Waals surface area contributed by atoms with Crippen LogP contribution in [0.2, 0.25) is 0 Å². The molecule has 4 unspecified atom stereocenters. The van der Waals surface area contributed by atoms with E-state index in [0.29, 0.717) is 5.92 Å². The molecule has 0 bridgehead atoms. The molecule has 58 heavy (non-hydrogen) atoms. The van der Waals surface area contributed by atoms with Crippen molar-refractivity contribution in [2.75, 3.05) is 0 Å². The van der Waals surface area contributed by atoms with Crippen LogP contribution in [-0.2, 0) is 6.42 Å². The van der Waals surface area contributed by atoms with E-state index in [9.17, 15) is 0 Å². The summed E-state index contributed by atoms with van der Waals surface area (Å²) in [5.74, 6) is 2.14. The van der Waals surface area contributed by atoms with Crippen LogP contribution in [0.15, 0.2) is 167 Å². The van der Waals surface area contributed by atoms with Gasteiger partial charge in [-0.3, -0.25) is 0 Å². The number of rotatable bonds is 6. The van der Waals surface area contributed by atoms with Gasteiger partial charge in [0, 0.05) is 56.8 Å². The van der Waals surface area contributed by atoms with Crippen molar-refractivity contribution in [3.05, 3.63) is 191 Å². The predicted molar refractivity (Wildman–Crippen MR) is 239 cm³/mol. The topological polar surface area (TPSA) is 64.9 Å². The van der Waals surface area contributed by atoms with Gasteiger partial charge in [-0.15, -0.1) is 0 Å². The fourth-order valence-corrected chi connectivity index (χ4v) is 10.5. The average molecular weight is 754 g/mol. The number of aryl methyl sites for hydroxylation is 1. The maximum Gasteiger partial charge on any atom is 0.135 e. The molecule has 5 atom stereocenters. The number of hydrogen-bond donors (Lipinski definition) is 1. The molecule has 0 aliphatic heterocycles. The summed E-state index contributed by atoms with van der Waals surface area (Å²) >= 11 is 0. The van der Waals surface area contributed by atoms with Crippen molar-refractivity contribution >= 4 is 43.9 Å². The largest absolute Gasteiger partial charge is 0.456 e. The van der Waals surface area contributed by atoms with E-state index >= 15 is 0 Å². The van der Waals surface area contributed by atoms with Gasteiger partial charge in [-0.25, -0.2) is 9.97 Å². The second kappa shape index (κ2) is 14.4. The van der Waals surface area contributed by atoms with Gasteiger partial charge in [0.1, 0.15) is 11.3 Å². The first-order valence-electron chi connectivity index (χ1n) is 21.2. The summed E-state index contributed by atoms with van der Waals surface area (Å²) in [5, 5.41) is 3.48. The lowest BCUT2D eigenvalue weighted by atomic mass is 9.71. The summed E-state index contributed by atoms with van der Waals surface area (Å²) in [4.78, 5) is 10.6. The minimum absolute atomic E-state index is 0.00682. The molecule has 0 amide bonds. The lowest BCUT2D eigenvalue weighted by Crippen LogP contribution is -2.32. The van der Waals surface area contributed by atoms with Gasteiger partial charge in [0.25, 0.3) is 0 Å². The van der Waals surface area contributed by atoms with Crippen LogP contribution in [0.1, 0.15) is 79.0 Å². The van der Waals surface area contributed by atoms with Gasteiger partial charge in [-0.05, 0) is 90.5 Å². The molecule has 4 aromatic carbocycles. The zero-order valence-corrected chi connectivity index (χ0v) is 32.9. The standard InChI is InChI=1S/C54H47N3O/c1-33(39-27-30-45-44-15-8-10-18-50(44)58-54(45)51(39)46-16-7-9-17-47(46)55)34-19-21-35(22-20-34)40-28-29-43(42-14-6-5-13-41(40)42)49-32-26-38-24-23-37-25-31-48(36-11-3-2-4-12-36)56-52(37)53(38)57-49/h2-5,8-13,15,17-26,28-29,31-33,42-43,46-47H,6-7,14,16,27,30,55H2,1H3/t33-,42?,43?,46?,47?/m1/s1. The van der Waals surface area contributed by atoms with Crippen LogP contribution in [0.5, 0.6) is 0 Å². The van der Waals surface area contributed by atoms with E-state index < -0.39 is 0 Å². The van der Waals surface area contributed by atoms with Crippen LogP contribution in [0, 0.1) is 11.8 Å². The lowest BCUT2D eigenvalue weighted by Gasteiger charge is -2.34. The third-order valence-electron chi connectivity index (χ3n) is 13.5. The number of hydrogen-bond acceptors (Lipinski definition) is 4. The van der Waals surface area contributed by atoms with Gasteiger partial charge in [-0.2, -0.15) is 0 Å². The Hall–Kier alpha value is -6.10. The van der Waals surface area contributed by atoms with Crippen molar-refractivity contribution in [1.82, 2.24) is 9.97 Å². The van der Waals surface area contributed by atoms with Crippen molar-refractivity contribution in [3.8, 4) is 11.3 Å². The number of para-hydroxylation sites is 1. The quantitative estimate of drug-likeness (QED) is 0.136. The van der Waals surface area contributed by atoms with Gasteiger partial charge in [0.15, 0.2) is 0 Å². The number of furan rings is 1. The van der Waals surface area contributed by atoms with E-state index in [2.05, 4.69) is 153 Å². The van der Waals surface area contributed by atoms with E-state index in [-0.39, 0.29) is 23.8 Å². The van der Waals surface area contributed by atoms with Crippen molar-refractivity contribution in [2.45, 2.75) is 63.3 Å². The smallest absolute Gasteiger partial charge is 0.135 e. The van der Waals surface area contributed by atoms with Gasteiger partial charge in [0.2, 0.25) is 0 Å². The number of nitrogens with two attached hydrogens (primary N) is 1. The molecule has 3 heterocycles. The second-order valence-corrected chi connectivity index (χ2v) is 16.7. The highest BCUT2D eigenvalue weighted by Gasteiger charge is 2.36. The predicted octanol–water partition coefficient (Wildman–Crippen LogP) is 13.1. The first kappa shape index (κ1) is 35.1. The first-order valence-corrected chi connectivity index (χ1v) is 21.2. The molecule has 11 rings (SSSR count). The summed E-state index contributed by atoms with van der Waals surface area (Å²) in [6, 6.07) is 41.5. The molecule has 0 saturated heterocycles. The number of fused-ring (bicyclic) bond motifs is 7. The maximum absolute atomic E-state index is 6.85. The van der Waals surface area contributed by atoms with Crippen molar-refractivity contribution < 1.29 is 4.42 Å². The molecular weight excluding hydrogens is 707 g/mol. The SMILES string of the molecule is C[C@@H](C1=C(C2CCC=CC2N)c2oc3ccccc3c2CC1)c1ccc(C2=C3C=CCCC3C(c3ccc4ccc5ccc(-c6ccccc6)nc5c4n3)C=C2)cc1. The lowest BCUT2D eigenvalue weighted by molar-refractivity contribution is 0.495. The van der Waals surface area contributed by atoms with Crippen molar-refractivity contribution in [1.29, 1.82) is 0 Å². The molecule has 7 aromatic rings. The molecule has 0 fully saturated rings. The van der Waals surface area contributed by atoms with Crippen LogP contribution in [-0.4, -0.2) is 16.0 Å². The number of aromatic nitrogens is 2. The second-order valence-electron chi connectivity index (χ2n) is 16.7. The van der Waals surface area contributed by atoms with E-state index in [1.807, 2.05) is 6.07 Å². The average Bonchev–Trinajstić information content (AvgIpc) is 3.67. The molecule has 0 saturated carbocycles. The number of benzene rings is 4. The molecule has 4 heteroatoms. The fourth-order valence-electron chi connectivity index (χ4n) is 10.5. The van der Waals surface area contributed by atoms with Crippen LogP contribution in [0.4, 0.5) is 0 Å². The summed E-state index contributed by atoms with van der Waals surface area (Å²) in [6.45, 7) is 2.38. The molecule has 4 nitrogen and oxygen atoms in total. The molecular formula is C54H47N3O. The molecule has 4 aliphatic carbocycles. The van der Waals surface area contributed by atoms with Gasteiger partial charge < -0.3 is 10.2 Å². The number of nitrogens with zero attached hydrogens (tertiary/aromatic N) is 2. The Bertz CT molecular complexity index is 2890. The van der Waals surface area contributed by atoms with E-state index in [1.165, 1.54) is 44.4 Å². The van der Waals surface area contributed by atoms with Crippen LogP contribution in [0.25, 0.3) is 55.2 Å². The monoisotopic (exact) mass is 753 g/mol. The number of allylic oxidation sites excluding steroid dienone is 8. The normalized spacial score (nSPS) is 22.2. The van der Waals surface area contributed by atoms with Crippen LogP contribution in [0.3, 0.4) is 0 Å². The van der Waals surface area contributed by atoms with Crippen molar-refractivity contribution in [3.63, 3.8) is 0 Å². The highest BCUT2D eigenvalue weighted by atomic mass is 16.3. The molecule has 3 aromatic heterocycles. The number of pyridine rings is 2. The minimum atomic E-state index is -0.00682. The van der Waals surface area contributed by atoms with Crippen LogP contribution >= 0.6 is 0 Å². The Balaban J connectivity index is 0.925. The first-order chi connectivity index (χ1) is 28.6. The van der Waals surface area contributed by atoms with Gasteiger partial charge >= 0.3 is 0 Å². The Morgan fingerprint density at radius 1 is 0.672 bits per heavy atom. The fraction of sp³-hybridized carbons (Fsp3) is 0.222. The van der Waals surface area contributed by atoms with E-state index in [1.54, 1.807) is 0 Å². The Morgan fingerprint density at radius 2 is 1.41 bits per heavy atom. The zero-order valence-electron chi connectivity index (χ0n) is 32.9. The third-order valence-corrected chi connectivity index (χ3v) is 13.5. The third kappa shape index (κ3) is 5.93. The molecule has 2 N–H and O–H groups in total. The van der Waals surface area contributed by atoms with Crippen LogP contribution < -0.4 is 5.73 Å². The van der Waals surface area contributed by atoms with Crippen molar-refractivity contribution in [2.24, 2.45) is 17.6 Å². The molecule has 0 radical (unpaired) electrons. The highest BCUT2D eigenvalue weighted by molar-refractivity contribution is 6.03. The minimum Gasteiger partial charge on any atom is -0.456 e. The summed E-state index contributed by atoms with van der Waals surface area (Å²) in [7, 11) is 0. The molecule has 0 spiro atoms. The molecule has 284 valence electrons. The van der Waals surface area contributed by atoms with Gasteiger partial charge in [-0.1, -0.05) is 146 Å². The Kier molecular flexibility index (Phi) is 8.70. The summed E-state index contributed by atoms with van der Waals surface area (Å²) in [5.41, 5.74) is 22.5. The van der Waals surface area contributed by atoms with E-state index in [0.717, 1.165) is 88.6 Å². The Morgan fingerprint density at radius 3 is 2.26 bits per heavy atom. The zero-order chi connectivity index (χ0) is 38.7. The summed E-state index contributed by atoms with van der Waals surface area (Å²) < 4.78 is 6.71.